The van der Waals surface area contributed by atoms with Gasteiger partial charge < -0.3 is 5.11 Å². The fraction of sp³-hybridized carbons (Fsp3) is 0.467. The van der Waals surface area contributed by atoms with Gasteiger partial charge in [0.25, 0.3) is 0 Å². The zero-order chi connectivity index (χ0) is 12.1. The quantitative estimate of drug-likeness (QED) is 0.745. The Kier molecular flexibility index (Phi) is 4.75. The number of hydrogen-bond acceptors (Lipinski definition) is 1. The van der Waals surface area contributed by atoms with Gasteiger partial charge in [-0.2, -0.15) is 0 Å². The van der Waals surface area contributed by atoms with Crippen LogP contribution in [0.1, 0.15) is 43.7 Å². The minimum Gasteiger partial charge on any atom is -0.393 e. The Labute approximate surface area is 98.8 Å². The Morgan fingerprint density at radius 3 is 2.38 bits per heavy atom. The third-order valence-electron chi connectivity index (χ3n) is 2.86. The van der Waals surface area contributed by atoms with E-state index in [0.717, 1.165) is 12.0 Å². The van der Waals surface area contributed by atoms with Gasteiger partial charge in [-0.25, -0.2) is 0 Å². The van der Waals surface area contributed by atoms with E-state index >= 15 is 0 Å². The van der Waals surface area contributed by atoms with Gasteiger partial charge in [0.2, 0.25) is 0 Å². The van der Waals surface area contributed by atoms with Crippen molar-refractivity contribution in [2.75, 3.05) is 0 Å². The lowest BCUT2D eigenvalue weighted by Gasteiger charge is -2.17. The van der Waals surface area contributed by atoms with E-state index < -0.39 is 0 Å². The maximum absolute atomic E-state index is 9.85. The molecule has 0 aromatic heterocycles. The molecule has 88 valence electrons. The fourth-order valence-electron chi connectivity index (χ4n) is 1.92. The smallest absolute Gasteiger partial charge is 0.0582 e. The predicted molar refractivity (Wildman–Crippen MR) is 69.6 cm³/mol. The molecule has 0 radical (unpaired) electrons. The van der Waals surface area contributed by atoms with Crippen LogP contribution in [-0.4, -0.2) is 11.2 Å². The van der Waals surface area contributed by atoms with Gasteiger partial charge in [0.15, 0.2) is 0 Å². The standard InChI is InChI=1S/C15H22O/c1-11(2)9-15(16)10-13(4)14-7-5-12(3)6-8-14/h5-8,13,15-16H,1,9-10H2,2-4H3. The number of aliphatic hydroxyl groups excluding tert-OH is 1. The van der Waals surface area contributed by atoms with E-state index in [1.807, 2.05) is 6.92 Å². The summed E-state index contributed by atoms with van der Waals surface area (Å²) in [7, 11) is 0. The van der Waals surface area contributed by atoms with Crippen LogP contribution in [0.2, 0.25) is 0 Å². The fourth-order valence-corrected chi connectivity index (χ4v) is 1.92. The van der Waals surface area contributed by atoms with Gasteiger partial charge in [-0.05, 0) is 38.2 Å². The molecule has 1 heteroatoms. The van der Waals surface area contributed by atoms with Crippen molar-refractivity contribution in [3.8, 4) is 0 Å². The molecule has 0 fully saturated rings. The van der Waals surface area contributed by atoms with Gasteiger partial charge in [0, 0.05) is 0 Å². The molecule has 0 spiro atoms. The van der Waals surface area contributed by atoms with E-state index in [9.17, 15) is 5.11 Å². The second-order valence-corrected chi connectivity index (χ2v) is 4.86. The molecule has 0 aliphatic carbocycles. The third kappa shape index (κ3) is 4.19. The lowest BCUT2D eigenvalue weighted by atomic mass is 9.92. The molecule has 1 aromatic carbocycles. The Morgan fingerprint density at radius 1 is 1.31 bits per heavy atom. The highest BCUT2D eigenvalue weighted by Gasteiger charge is 2.12. The monoisotopic (exact) mass is 218 g/mol. The van der Waals surface area contributed by atoms with Gasteiger partial charge in [-0.15, -0.1) is 6.58 Å². The van der Waals surface area contributed by atoms with Crippen LogP contribution in [0.15, 0.2) is 36.4 Å². The van der Waals surface area contributed by atoms with E-state index in [1.165, 1.54) is 11.1 Å². The first-order valence-electron chi connectivity index (χ1n) is 5.88. The molecule has 0 aliphatic rings. The molecular formula is C15H22O. The van der Waals surface area contributed by atoms with Gasteiger partial charge in [0.1, 0.15) is 0 Å². The van der Waals surface area contributed by atoms with Gasteiger partial charge in [0.05, 0.1) is 6.10 Å². The van der Waals surface area contributed by atoms with Crippen molar-refractivity contribution >= 4 is 0 Å². The summed E-state index contributed by atoms with van der Waals surface area (Å²) in [6.07, 6.45) is 1.24. The van der Waals surface area contributed by atoms with Crippen LogP contribution in [0.5, 0.6) is 0 Å². The van der Waals surface area contributed by atoms with E-state index in [0.29, 0.717) is 12.3 Å². The summed E-state index contributed by atoms with van der Waals surface area (Å²) in [6, 6.07) is 8.54. The number of hydrogen-bond donors (Lipinski definition) is 1. The molecule has 1 nitrogen and oxygen atoms in total. The maximum Gasteiger partial charge on any atom is 0.0582 e. The summed E-state index contributed by atoms with van der Waals surface area (Å²) < 4.78 is 0. The van der Waals surface area contributed by atoms with Crippen LogP contribution in [0.25, 0.3) is 0 Å². The lowest BCUT2D eigenvalue weighted by molar-refractivity contribution is 0.157. The minimum atomic E-state index is -0.270. The SMILES string of the molecule is C=C(C)CC(O)CC(C)c1ccc(C)cc1. The van der Waals surface area contributed by atoms with Gasteiger partial charge >= 0.3 is 0 Å². The number of aliphatic hydroxyl groups is 1. The predicted octanol–water partition coefficient (Wildman–Crippen LogP) is 3.82. The Balaban J connectivity index is 2.54. The number of rotatable bonds is 5. The topological polar surface area (TPSA) is 20.2 Å². The summed E-state index contributed by atoms with van der Waals surface area (Å²) in [5, 5.41) is 9.85. The normalized spacial score (nSPS) is 14.5. The number of aryl methyl sites for hydroxylation is 1. The van der Waals surface area contributed by atoms with Crippen molar-refractivity contribution in [2.24, 2.45) is 0 Å². The molecular weight excluding hydrogens is 196 g/mol. The van der Waals surface area contributed by atoms with E-state index in [-0.39, 0.29) is 6.10 Å². The molecule has 1 aromatic rings. The van der Waals surface area contributed by atoms with Crippen molar-refractivity contribution in [1.82, 2.24) is 0 Å². The Hall–Kier alpha value is -1.08. The molecule has 0 heterocycles. The molecule has 0 aliphatic heterocycles. The van der Waals surface area contributed by atoms with Crippen molar-refractivity contribution < 1.29 is 5.11 Å². The van der Waals surface area contributed by atoms with Gasteiger partial charge in [-0.3, -0.25) is 0 Å². The van der Waals surface area contributed by atoms with Crippen LogP contribution in [-0.2, 0) is 0 Å². The maximum atomic E-state index is 9.85. The minimum absolute atomic E-state index is 0.270. The van der Waals surface area contributed by atoms with Crippen molar-refractivity contribution in [2.45, 2.75) is 45.6 Å². The molecule has 0 amide bonds. The average molecular weight is 218 g/mol. The summed E-state index contributed by atoms with van der Waals surface area (Å²) in [6.45, 7) is 10.0. The molecule has 1 N–H and O–H groups in total. The van der Waals surface area contributed by atoms with Gasteiger partial charge in [-0.1, -0.05) is 42.3 Å². The molecule has 0 saturated heterocycles. The van der Waals surface area contributed by atoms with Crippen LogP contribution in [0.4, 0.5) is 0 Å². The zero-order valence-corrected chi connectivity index (χ0v) is 10.5. The highest BCUT2D eigenvalue weighted by molar-refractivity contribution is 5.24. The molecule has 2 atom stereocenters. The molecule has 1 rings (SSSR count). The van der Waals surface area contributed by atoms with Crippen molar-refractivity contribution in [1.29, 1.82) is 0 Å². The van der Waals surface area contributed by atoms with E-state index in [2.05, 4.69) is 44.7 Å². The Morgan fingerprint density at radius 2 is 1.88 bits per heavy atom. The summed E-state index contributed by atoms with van der Waals surface area (Å²) in [4.78, 5) is 0. The summed E-state index contributed by atoms with van der Waals surface area (Å²) in [5.74, 6) is 0.398. The van der Waals surface area contributed by atoms with Crippen LogP contribution in [0, 0.1) is 6.92 Å². The lowest BCUT2D eigenvalue weighted by Crippen LogP contribution is -2.11. The first-order valence-corrected chi connectivity index (χ1v) is 5.88. The van der Waals surface area contributed by atoms with Crippen LogP contribution >= 0.6 is 0 Å². The number of benzene rings is 1. The van der Waals surface area contributed by atoms with Crippen molar-refractivity contribution in [3.63, 3.8) is 0 Å². The molecule has 0 bridgehead atoms. The highest BCUT2D eigenvalue weighted by atomic mass is 16.3. The average Bonchev–Trinajstić information content (AvgIpc) is 2.16. The molecule has 2 unspecified atom stereocenters. The first-order chi connectivity index (χ1) is 7.49. The highest BCUT2D eigenvalue weighted by Crippen LogP contribution is 2.22. The second-order valence-electron chi connectivity index (χ2n) is 4.86. The first kappa shape index (κ1) is 13.0. The third-order valence-corrected chi connectivity index (χ3v) is 2.86. The zero-order valence-electron chi connectivity index (χ0n) is 10.5. The molecule has 16 heavy (non-hydrogen) atoms. The van der Waals surface area contributed by atoms with Crippen molar-refractivity contribution in [3.05, 3.63) is 47.5 Å². The summed E-state index contributed by atoms with van der Waals surface area (Å²) in [5.41, 5.74) is 3.62. The van der Waals surface area contributed by atoms with Crippen LogP contribution < -0.4 is 0 Å². The summed E-state index contributed by atoms with van der Waals surface area (Å²) >= 11 is 0. The largest absolute Gasteiger partial charge is 0.393 e. The second kappa shape index (κ2) is 5.86. The Bertz CT molecular complexity index is 337. The van der Waals surface area contributed by atoms with E-state index in [4.69, 9.17) is 0 Å². The van der Waals surface area contributed by atoms with E-state index in [1.54, 1.807) is 0 Å². The molecule has 0 saturated carbocycles. The van der Waals surface area contributed by atoms with Crippen LogP contribution in [0.3, 0.4) is 0 Å².